The van der Waals surface area contributed by atoms with Gasteiger partial charge in [0.05, 0.1) is 0 Å². The maximum absolute atomic E-state index is 12.8. The lowest BCUT2D eigenvalue weighted by Gasteiger charge is -2.04. The van der Waals surface area contributed by atoms with Gasteiger partial charge in [-0.05, 0) is 28.7 Å². The summed E-state index contributed by atoms with van der Waals surface area (Å²) >= 11 is 1.67. The van der Waals surface area contributed by atoms with Crippen LogP contribution in [0.1, 0.15) is 11.7 Å². The molecule has 1 atom stereocenters. The fourth-order valence-electron chi connectivity index (χ4n) is 0.728. The van der Waals surface area contributed by atoms with Gasteiger partial charge in [0.25, 0.3) is 0 Å². The molecule has 0 saturated carbocycles. The number of aliphatic hydroxyl groups is 1. The normalized spacial score (nSPS) is 12.5. The molecule has 1 aromatic rings. The van der Waals surface area contributed by atoms with Crippen molar-refractivity contribution in [2.45, 2.75) is 6.10 Å². The van der Waals surface area contributed by atoms with E-state index in [1.165, 1.54) is 0 Å². The smallest absolute Gasteiger partial charge is 0.337 e. The Morgan fingerprint density at radius 3 is 2.77 bits per heavy atom. The predicted octanol–water partition coefficient (Wildman–Crippen LogP) is 0.943. The van der Waals surface area contributed by atoms with E-state index >= 15 is 0 Å². The zero-order valence-corrected chi connectivity index (χ0v) is 8.40. The van der Waals surface area contributed by atoms with Gasteiger partial charge in [0.1, 0.15) is 3.70 Å². The summed E-state index contributed by atoms with van der Waals surface area (Å²) in [6.45, 7) is 0. The predicted molar refractivity (Wildman–Crippen MR) is 49.5 cm³/mol. The Morgan fingerprint density at radius 2 is 2.31 bits per heavy atom. The van der Waals surface area contributed by atoms with E-state index in [2.05, 4.69) is 4.98 Å². The van der Waals surface area contributed by atoms with Crippen molar-refractivity contribution >= 4 is 28.6 Å². The molecule has 1 unspecified atom stereocenters. The van der Waals surface area contributed by atoms with Crippen molar-refractivity contribution in [3.63, 3.8) is 0 Å². The van der Waals surface area contributed by atoms with Crippen molar-refractivity contribution in [3.8, 4) is 0 Å². The summed E-state index contributed by atoms with van der Waals surface area (Å²) < 4.78 is 13.0. The van der Waals surface area contributed by atoms with E-state index in [-0.39, 0.29) is 9.26 Å². The Balaban J connectivity index is 3.03. The van der Waals surface area contributed by atoms with Crippen LogP contribution in [0.3, 0.4) is 0 Å². The first kappa shape index (κ1) is 10.3. The number of aromatic nitrogens is 1. The molecule has 1 aromatic heterocycles. The maximum atomic E-state index is 12.8. The van der Waals surface area contributed by atoms with Gasteiger partial charge < -0.3 is 10.2 Å². The van der Waals surface area contributed by atoms with Crippen molar-refractivity contribution in [3.05, 3.63) is 27.3 Å². The first-order chi connectivity index (χ1) is 6.02. The first-order valence-corrected chi connectivity index (χ1v) is 4.32. The number of pyridine rings is 1. The highest BCUT2D eigenvalue weighted by Crippen LogP contribution is 2.15. The highest BCUT2D eigenvalue weighted by molar-refractivity contribution is 14.1. The minimum atomic E-state index is -1.72. The van der Waals surface area contributed by atoms with E-state index in [1.807, 2.05) is 0 Å². The molecule has 0 spiro atoms. The molecule has 1 heterocycles. The third-order valence-corrected chi connectivity index (χ3v) is 2.16. The third kappa shape index (κ3) is 2.34. The van der Waals surface area contributed by atoms with Crippen LogP contribution in [0, 0.1) is 9.52 Å². The number of rotatable bonds is 2. The molecule has 70 valence electrons. The molecule has 0 saturated heterocycles. The summed E-state index contributed by atoms with van der Waals surface area (Å²) in [4.78, 5) is 13.9. The number of nitrogens with zero attached hydrogens (tertiary/aromatic N) is 1. The number of carboxylic acids is 1. The monoisotopic (exact) mass is 297 g/mol. The summed E-state index contributed by atoms with van der Waals surface area (Å²) in [6, 6.07) is 0.952. The van der Waals surface area contributed by atoms with E-state index in [4.69, 9.17) is 10.2 Å². The fraction of sp³-hybridized carbons (Fsp3) is 0.143. The van der Waals surface area contributed by atoms with Crippen LogP contribution < -0.4 is 0 Å². The summed E-state index contributed by atoms with van der Waals surface area (Å²) in [5, 5.41) is 17.4. The lowest BCUT2D eigenvalue weighted by atomic mass is 10.2. The average Bonchev–Trinajstić information content (AvgIpc) is 2.08. The Kier molecular flexibility index (Phi) is 3.15. The number of carbonyl (C=O) groups is 1. The Labute approximate surface area is 86.6 Å². The van der Waals surface area contributed by atoms with Crippen LogP contribution in [-0.4, -0.2) is 21.2 Å². The van der Waals surface area contributed by atoms with E-state index in [0.29, 0.717) is 0 Å². The van der Waals surface area contributed by atoms with Crippen molar-refractivity contribution < 1.29 is 19.4 Å². The molecule has 4 nitrogen and oxygen atoms in total. The van der Waals surface area contributed by atoms with Crippen molar-refractivity contribution in [1.29, 1.82) is 0 Å². The fourth-order valence-corrected chi connectivity index (χ4v) is 1.02. The SMILES string of the molecule is O=C(O)C(O)c1cnc(I)c(F)c1. The van der Waals surface area contributed by atoms with Crippen LogP contribution in [0.2, 0.25) is 0 Å². The molecule has 0 aliphatic heterocycles. The molecule has 0 amide bonds. The highest BCUT2D eigenvalue weighted by atomic mass is 127. The zero-order chi connectivity index (χ0) is 10.0. The van der Waals surface area contributed by atoms with E-state index in [0.717, 1.165) is 12.3 Å². The van der Waals surface area contributed by atoms with Gasteiger partial charge in [-0.1, -0.05) is 0 Å². The first-order valence-electron chi connectivity index (χ1n) is 3.24. The lowest BCUT2D eigenvalue weighted by Crippen LogP contribution is -2.11. The van der Waals surface area contributed by atoms with Crippen LogP contribution >= 0.6 is 22.6 Å². The highest BCUT2D eigenvalue weighted by Gasteiger charge is 2.17. The molecule has 1 rings (SSSR count). The second kappa shape index (κ2) is 3.97. The topological polar surface area (TPSA) is 70.4 Å². The van der Waals surface area contributed by atoms with E-state index < -0.39 is 17.9 Å². The molecule has 0 radical (unpaired) electrons. The molecule has 2 N–H and O–H groups in total. The van der Waals surface area contributed by atoms with Gasteiger partial charge in [0.2, 0.25) is 0 Å². The number of halogens is 2. The third-order valence-electron chi connectivity index (χ3n) is 1.37. The molecule has 0 bridgehead atoms. The standard InChI is InChI=1S/C7H5FINO3/c8-4-1-3(2-10-6(4)9)5(11)7(12)13/h1-2,5,11H,(H,12,13). The van der Waals surface area contributed by atoms with Gasteiger partial charge in [-0.3, -0.25) is 0 Å². The second-order valence-electron chi connectivity index (χ2n) is 2.28. The molecule has 0 aromatic carbocycles. The number of carboxylic acid groups (broad SMARTS) is 1. The largest absolute Gasteiger partial charge is 0.479 e. The minimum absolute atomic E-state index is 0.0644. The molecule has 13 heavy (non-hydrogen) atoms. The molecule has 0 fully saturated rings. The summed E-state index contributed by atoms with van der Waals surface area (Å²) in [7, 11) is 0. The minimum Gasteiger partial charge on any atom is -0.479 e. The van der Waals surface area contributed by atoms with Gasteiger partial charge in [-0.2, -0.15) is 0 Å². The zero-order valence-electron chi connectivity index (χ0n) is 6.24. The lowest BCUT2D eigenvalue weighted by molar-refractivity contribution is -0.146. The van der Waals surface area contributed by atoms with Gasteiger partial charge in [0.15, 0.2) is 11.9 Å². The number of aliphatic carboxylic acids is 1. The van der Waals surface area contributed by atoms with E-state index in [9.17, 15) is 9.18 Å². The number of hydrogen-bond donors (Lipinski definition) is 2. The van der Waals surface area contributed by atoms with Crippen LogP contribution in [0.5, 0.6) is 0 Å². The van der Waals surface area contributed by atoms with Gasteiger partial charge in [-0.25, -0.2) is 14.2 Å². The Bertz CT molecular complexity index is 345. The second-order valence-corrected chi connectivity index (χ2v) is 3.30. The molecule has 0 aliphatic rings. The summed E-state index contributed by atoms with van der Waals surface area (Å²) in [6.07, 6.45) is -0.595. The van der Waals surface area contributed by atoms with Gasteiger partial charge in [0, 0.05) is 11.8 Å². The molecular formula is C7H5FINO3. The van der Waals surface area contributed by atoms with Crippen LogP contribution in [0.4, 0.5) is 4.39 Å². The van der Waals surface area contributed by atoms with Gasteiger partial charge in [-0.15, -0.1) is 0 Å². The van der Waals surface area contributed by atoms with Crippen LogP contribution in [0.25, 0.3) is 0 Å². The summed E-state index contributed by atoms with van der Waals surface area (Å²) in [5.41, 5.74) is -0.0644. The maximum Gasteiger partial charge on any atom is 0.337 e. The van der Waals surface area contributed by atoms with E-state index in [1.54, 1.807) is 22.6 Å². The van der Waals surface area contributed by atoms with Crippen LogP contribution in [0.15, 0.2) is 12.3 Å². The van der Waals surface area contributed by atoms with Crippen molar-refractivity contribution in [2.75, 3.05) is 0 Å². The molecule has 6 heteroatoms. The quantitative estimate of drug-likeness (QED) is 0.629. The van der Waals surface area contributed by atoms with Gasteiger partial charge >= 0.3 is 5.97 Å². The number of hydrogen-bond acceptors (Lipinski definition) is 3. The van der Waals surface area contributed by atoms with Crippen LogP contribution in [-0.2, 0) is 4.79 Å². The molecule has 0 aliphatic carbocycles. The Morgan fingerprint density at radius 1 is 1.69 bits per heavy atom. The number of aliphatic hydroxyl groups excluding tert-OH is 1. The van der Waals surface area contributed by atoms with Crippen molar-refractivity contribution in [1.82, 2.24) is 4.98 Å². The molecular weight excluding hydrogens is 292 g/mol. The summed E-state index contributed by atoms with van der Waals surface area (Å²) in [5.74, 6) is -2.07. The Hall–Kier alpha value is -0.760. The van der Waals surface area contributed by atoms with Crippen molar-refractivity contribution in [2.24, 2.45) is 0 Å². The average molecular weight is 297 g/mol.